The quantitative estimate of drug-likeness (QED) is 0.865. The van der Waals surface area contributed by atoms with Crippen LogP contribution in [0.5, 0.6) is 0 Å². The Morgan fingerprint density at radius 2 is 2.00 bits per heavy atom. The number of rotatable bonds is 3. The Hall–Kier alpha value is -1.76. The summed E-state index contributed by atoms with van der Waals surface area (Å²) in [6, 6.07) is 6.12. The first-order chi connectivity index (χ1) is 12.2. The largest absolute Gasteiger partial charge is 0.444 e. The number of hydrogen-bond donors (Lipinski definition) is 1. The molecule has 1 aromatic rings. The van der Waals surface area contributed by atoms with Crippen molar-refractivity contribution >= 4 is 23.8 Å². The highest BCUT2D eigenvalue weighted by Crippen LogP contribution is 2.35. The van der Waals surface area contributed by atoms with Gasteiger partial charge in [-0.05, 0) is 40.2 Å². The van der Waals surface area contributed by atoms with Gasteiger partial charge in [-0.15, -0.1) is 0 Å². The number of thioether (sulfide) groups is 1. The van der Waals surface area contributed by atoms with Gasteiger partial charge in [0.25, 0.3) is 0 Å². The lowest BCUT2D eigenvalue weighted by Crippen LogP contribution is -2.48. The van der Waals surface area contributed by atoms with Crippen LogP contribution in [0.4, 0.5) is 9.18 Å². The third-order valence-electron chi connectivity index (χ3n) is 4.01. The van der Waals surface area contributed by atoms with Crippen LogP contribution in [0, 0.1) is 5.82 Å². The van der Waals surface area contributed by atoms with E-state index in [0.717, 1.165) is 5.75 Å². The van der Waals surface area contributed by atoms with E-state index in [1.807, 2.05) is 6.07 Å². The van der Waals surface area contributed by atoms with Crippen LogP contribution < -0.4 is 5.32 Å². The number of ether oxygens (including phenoxy) is 1. The van der Waals surface area contributed by atoms with Gasteiger partial charge in [-0.2, -0.15) is 11.8 Å². The van der Waals surface area contributed by atoms with Gasteiger partial charge in [-0.25, -0.2) is 9.18 Å². The molecule has 1 saturated heterocycles. The van der Waals surface area contributed by atoms with Crippen molar-refractivity contribution in [1.29, 1.82) is 0 Å². The zero-order valence-corrected chi connectivity index (χ0v) is 16.6. The molecule has 0 radical (unpaired) electrons. The molecule has 1 N–H and O–H groups in total. The highest BCUT2D eigenvalue weighted by Gasteiger charge is 2.28. The average Bonchev–Trinajstić information content (AvgIpc) is 2.78. The zero-order chi connectivity index (χ0) is 19.3. The molecule has 1 fully saturated rings. The van der Waals surface area contributed by atoms with Crippen molar-refractivity contribution in [1.82, 2.24) is 10.2 Å². The van der Waals surface area contributed by atoms with Crippen molar-refractivity contribution in [2.75, 3.05) is 18.8 Å². The molecule has 2 rings (SSSR count). The number of hydrogen-bond acceptors (Lipinski definition) is 4. The van der Waals surface area contributed by atoms with Crippen molar-refractivity contribution < 1.29 is 18.7 Å². The second-order valence-electron chi connectivity index (χ2n) is 7.36. The second-order valence-corrected chi connectivity index (χ2v) is 8.67. The van der Waals surface area contributed by atoms with Gasteiger partial charge in [0.1, 0.15) is 17.5 Å². The summed E-state index contributed by atoms with van der Waals surface area (Å²) in [4.78, 5) is 26.2. The molecule has 0 saturated carbocycles. The predicted molar refractivity (Wildman–Crippen MR) is 102 cm³/mol. The lowest BCUT2D eigenvalue weighted by molar-refractivity contribution is -0.132. The maximum Gasteiger partial charge on any atom is 0.408 e. The number of nitrogens with one attached hydrogen (secondary N) is 1. The average molecular weight is 383 g/mol. The molecule has 2 unspecified atom stereocenters. The van der Waals surface area contributed by atoms with Gasteiger partial charge in [-0.3, -0.25) is 4.79 Å². The molecule has 2 atom stereocenters. The Morgan fingerprint density at radius 3 is 2.65 bits per heavy atom. The van der Waals surface area contributed by atoms with Crippen molar-refractivity contribution in [2.24, 2.45) is 0 Å². The third-order valence-corrected chi connectivity index (χ3v) is 5.32. The molecule has 1 aromatic carbocycles. The van der Waals surface area contributed by atoms with Crippen LogP contribution in [0.3, 0.4) is 0 Å². The van der Waals surface area contributed by atoms with Gasteiger partial charge in [0.05, 0.1) is 0 Å². The Balaban J connectivity index is 1.92. The Labute approximate surface area is 158 Å². The van der Waals surface area contributed by atoms with Crippen LogP contribution in [-0.4, -0.2) is 47.4 Å². The number of halogens is 1. The minimum Gasteiger partial charge on any atom is -0.444 e. The molecule has 1 aliphatic rings. The SMILES string of the molecule is CC(NC(=O)OC(C)(C)C)C(=O)N1CCSC(c2ccccc2F)CC1. The number of carbonyl (C=O) groups is 2. The van der Waals surface area contributed by atoms with Gasteiger partial charge in [0.2, 0.25) is 5.91 Å². The molecule has 0 aliphatic carbocycles. The predicted octanol–water partition coefficient (Wildman–Crippen LogP) is 3.75. The number of nitrogens with zero attached hydrogens (tertiary/aromatic N) is 1. The molecule has 1 aliphatic heterocycles. The van der Waals surface area contributed by atoms with Gasteiger partial charge in [0.15, 0.2) is 0 Å². The number of carbonyl (C=O) groups excluding carboxylic acids is 2. The maximum atomic E-state index is 14.0. The fourth-order valence-electron chi connectivity index (χ4n) is 2.80. The van der Waals surface area contributed by atoms with Crippen molar-refractivity contribution in [3.8, 4) is 0 Å². The first-order valence-electron chi connectivity index (χ1n) is 8.81. The van der Waals surface area contributed by atoms with Crippen LogP contribution in [0.1, 0.15) is 44.9 Å². The van der Waals surface area contributed by atoms with E-state index in [-0.39, 0.29) is 17.0 Å². The number of alkyl carbamates (subject to hydrolysis) is 1. The minimum atomic E-state index is -0.667. The maximum absolute atomic E-state index is 14.0. The molecule has 26 heavy (non-hydrogen) atoms. The Morgan fingerprint density at radius 1 is 1.31 bits per heavy atom. The monoisotopic (exact) mass is 382 g/mol. The fourth-order valence-corrected chi connectivity index (χ4v) is 4.05. The zero-order valence-electron chi connectivity index (χ0n) is 15.8. The van der Waals surface area contributed by atoms with Gasteiger partial charge < -0.3 is 15.0 Å². The van der Waals surface area contributed by atoms with Gasteiger partial charge in [0, 0.05) is 29.7 Å². The highest BCUT2D eigenvalue weighted by atomic mass is 32.2. The summed E-state index contributed by atoms with van der Waals surface area (Å²) in [7, 11) is 0. The molecule has 2 amide bonds. The summed E-state index contributed by atoms with van der Waals surface area (Å²) < 4.78 is 19.2. The summed E-state index contributed by atoms with van der Waals surface area (Å²) in [6.45, 7) is 8.08. The van der Waals surface area contributed by atoms with Crippen LogP contribution in [0.2, 0.25) is 0 Å². The van der Waals surface area contributed by atoms with E-state index in [4.69, 9.17) is 4.74 Å². The summed E-state index contributed by atoms with van der Waals surface area (Å²) >= 11 is 1.66. The summed E-state index contributed by atoms with van der Waals surface area (Å²) in [5.74, 6) is 0.375. The first-order valence-corrected chi connectivity index (χ1v) is 9.86. The fraction of sp³-hybridized carbons (Fsp3) is 0.579. The lowest BCUT2D eigenvalue weighted by atomic mass is 10.1. The summed E-state index contributed by atoms with van der Waals surface area (Å²) in [5.41, 5.74) is 0.0748. The van der Waals surface area contributed by atoms with E-state index in [2.05, 4.69) is 5.32 Å². The summed E-state index contributed by atoms with van der Waals surface area (Å²) in [5, 5.41) is 2.62. The molecule has 1 heterocycles. The standard InChI is InChI=1S/C19H27FN2O3S/c1-13(21-18(24)25-19(2,3)4)17(23)22-10-9-16(26-12-11-22)14-7-5-6-8-15(14)20/h5-8,13,16H,9-12H2,1-4H3,(H,21,24). The minimum absolute atomic E-state index is 0.0307. The van der Waals surface area contributed by atoms with E-state index in [1.54, 1.807) is 56.5 Å². The van der Waals surface area contributed by atoms with E-state index in [9.17, 15) is 14.0 Å². The Kier molecular flexibility index (Phi) is 6.92. The molecule has 5 nitrogen and oxygen atoms in total. The topological polar surface area (TPSA) is 58.6 Å². The van der Waals surface area contributed by atoms with Crippen LogP contribution >= 0.6 is 11.8 Å². The van der Waals surface area contributed by atoms with Gasteiger partial charge >= 0.3 is 6.09 Å². The van der Waals surface area contributed by atoms with Crippen LogP contribution in [0.25, 0.3) is 0 Å². The van der Waals surface area contributed by atoms with E-state index >= 15 is 0 Å². The van der Waals surface area contributed by atoms with Crippen molar-refractivity contribution in [3.05, 3.63) is 35.6 Å². The molecule has 7 heteroatoms. The normalized spacial score (nSPS) is 19.4. The van der Waals surface area contributed by atoms with E-state index in [0.29, 0.717) is 25.1 Å². The first kappa shape index (κ1) is 20.6. The van der Waals surface area contributed by atoms with Crippen LogP contribution in [-0.2, 0) is 9.53 Å². The molecule has 0 bridgehead atoms. The van der Waals surface area contributed by atoms with E-state index < -0.39 is 17.7 Å². The smallest absolute Gasteiger partial charge is 0.408 e. The second kappa shape index (κ2) is 8.75. The highest BCUT2D eigenvalue weighted by molar-refractivity contribution is 7.99. The molecular formula is C19H27FN2O3S. The number of amides is 2. The van der Waals surface area contributed by atoms with Gasteiger partial charge in [-0.1, -0.05) is 18.2 Å². The molecular weight excluding hydrogens is 355 g/mol. The summed E-state index contributed by atoms with van der Waals surface area (Å²) in [6.07, 6.45) is 0.0722. The van der Waals surface area contributed by atoms with Crippen molar-refractivity contribution in [3.63, 3.8) is 0 Å². The third kappa shape index (κ3) is 5.90. The van der Waals surface area contributed by atoms with E-state index in [1.165, 1.54) is 6.07 Å². The van der Waals surface area contributed by atoms with Crippen LogP contribution in [0.15, 0.2) is 24.3 Å². The van der Waals surface area contributed by atoms with Crippen molar-refractivity contribution in [2.45, 2.75) is 51.0 Å². The molecule has 0 spiro atoms. The molecule has 0 aromatic heterocycles. The lowest BCUT2D eigenvalue weighted by Gasteiger charge is -2.26. The molecule has 144 valence electrons. The number of benzene rings is 1. The Bertz CT molecular complexity index is 648.